The molecule has 0 amide bonds. The van der Waals surface area contributed by atoms with Crippen LogP contribution in [0.25, 0.3) is 0 Å². The Hall–Kier alpha value is 0.900. The van der Waals surface area contributed by atoms with E-state index in [1.807, 2.05) is 0 Å². The van der Waals surface area contributed by atoms with Crippen molar-refractivity contribution in [2.45, 2.75) is 26.7 Å². The van der Waals surface area contributed by atoms with E-state index in [0.717, 1.165) is 0 Å². The molecule has 0 radical (unpaired) electrons. The maximum absolute atomic E-state index is 10.4. The van der Waals surface area contributed by atoms with Crippen LogP contribution in [0.5, 0.6) is 0 Å². The topological polar surface area (TPSA) is 64.6 Å². The number of rotatable bonds is 4. The van der Waals surface area contributed by atoms with Gasteiger partial charge in [0.15, 0.2) is 0 Å². The van der Waals surface area contributed by atoms with Gasteiger partial charge < -0.3 is 9.68 Å². The average Bonchev–Trinajstić information content (AvgIpc) is 2.04. The molecular formula is C6H13NNa2O4. The van der Waals surface area contributed by atoms with Crippen molar-refractivity contribution in [3.8, 4) is 0 Å². The van der Waals surface area contributed by atoms with Crippen molar-refractivity contribution in [3.05, 3.63) is 0 Å². The molecule has 0 aromatic heterocycles. The summed E-state index contributed by atoms with van der Waals surface area (Å²) in [5.74, 6) is -0.956. The summed E-state index contributed by atoms with van der Waals surface area (Å²) >= 11 is 0. The summed E-state index contributed by atoms with van der Waals surface area (Å²) in [6.07, 6.45) is 0.466. The van der Waals surface area contributed by atoms with Crippen molar-refractivity contribution in [1.82, 2.24) is 5.64 Å². The summed E-state index contributed by atoms with van der Waals surface area (Å²) in [6, 6.07) is 0. The van der Waals surface area contributed by atoms with Gasteiger partial charge in [0.05, 0.1) is 0 Å². The molecule has 7 heteroatoms. The van der Waals surface area contributed by atoms with E-state index in [-0.39, 0.29) is 72.0 Å². The second kappa shape index (κ2) is 12.9. The van der Waals surface area contributed by atoms with Gasteiger partial charge in [0.25, 0.3) is 0 Å². The predicted octanol–water partition coefficient (Wildman–Crippen LogP) is -0.985. The van der Waals surface area contributed by atoms with Crippen LogP contribution in [0.2, 0.25) is 0 Å². The minimum atomic E-state index is -0.478. The first-order valence-electron chi connectivity index (χ1n) is 3.35. The fourth-order valence-electron chi connectivity index (χ4n) is 0.258. The van der Waals surface area contributed by atoms with Gasteiger partial charge in [-0.25, -0.2) is 0 Å². The molecule has 0 aliphatic carbocycles. The average molecular weight is 209 g/mol. The van der Waals surface area contributed by atoms with Crippen LogP contribution in [0.4, 0.5) is 0 Å². The quantitative estimate of drug-likeness (QED) is 0.476. The number of carbonyl (C=O) groups is 2. The third-order valence-electron chi connectivity index (χ3n) is 0.888. The van der Waals surface area contributed by atoms with E-state index in [9.17, 15) is 9.59 Å². The van der Waals surface area contributed by atoms with Crippen LogP contribution < -0.4 is 5.64 Å². The molecule has 0 bridgehead atoms. The second-order valence-corrected chi connectivity index (χ2v) is 1.74. The van der Waals surface area contributed by atoms with Crippen molar-refractivity contribution in [3.63, 3.8) is 0 Å². The first kappa shape index (κ1) is 19.5. The van der Waals surface area contributed by atoms with Crippen molar-refractivity contribution in [1.29, 1.82) is 0 Å². The van der Waals surface area contributed by atoms with Crippen LogP contribution in [0.15, 0.2) is 0 Å². The molecule has 1 N–H and O–H groups in total. The third kappa shape index (κ3) is 12.9. The van der Waals surface area contributed by atoms with Crippen LogP contribution in [0.3, 0.4) is 0 Å². The van der Waals surface area contributed by atoms with Crippen LogP contribution >= 0.6 is 0 Å². The van der Waals surface area contributed by atoms with E-state index < -0.39 is 11.9 Å². The Bertz CT molecular complexity index is 138. The Morgan fingerprint density at radius 2 is 1.31 bits per heavy atom. The summed E-state index contributed by atoms with van der Waals surface area (Å²) in [5, 5.41) is 0. The molecule has 0 aromatic rings. The molecule has 0 fully saturated rings. The van der Waals surface area contributed by atoms with Crippen molar-refractivity contribution in [2.24, 2.45) is 0 Å². The summed E-state index contributed by atoms with van der Waals surface area (Å²) in [7, 11) is 0. The first-order valence-corrected chi connectivity index (χ1v) is 3.35. The van der Waals surface area contributed by atoms with Gasteiger partial charge in [-0.15, -0.1) is 0 Å². The summed E-state index contributed by atoms with van der Waals surface area (Å²) in [6.45, 7) is 3.26. The Morgan fingerprint density at radius 3 is 1.54 bits per heavy atom. The molecule has 0 spiro atoms. The van der Waals surface area contributed by atoms with E-state index in [0.29, 0.717) is 0 Å². The summed E-state index contributed by atoms with van der Waals surface area (Å²) < 4.78 is 0. The summed E-state index contributed by atoms with van der Waals surface area (Å²) in [5.41, 5.74) is 1.79. The zero-order chi connectivity index (χ0) is 8.69. The fourth-order valence-corrected chi connectivity index (χ4v) is 0.258. The molecule has 68 valence electrons. The zero-order valence-corrected chi connectivity index (χ0v) is 6.55. The van der Waals surface area contributed by atoms with Gasteiger partial charge >= 0.3 is 71.1 Å². The maximum atomic E-state index is 10.4. The molecule has 5 nitrogen and oxygen atoms in total. The van der Waals surface area contributed by atoms with Crippen LogP contribution in [0, 0.1) is 0 Å². The van der Waals surface area contributed by atoms with Crippen LogP contribution in [-0.2, 0) is 19.3 Å². The Kier molecular flexibility index (Phi) is 19.3. The van der Waals surface area contributed by atoms with E-state index in [1.54, 1.807) is 19.5 Å². The Morgan fingerprint density at radius 1 is 1.00 bits per heavy atom. The van der Waals surface area contributed by atoms with Gasteiger partial charge in [0.1, 0.15) is 0 Å². The van der Waals surface area contributed by atoms with Gasteiger partial charge in [-0.2, -0.15) is 0 Å². The second-order valence-electron chi connectivity index (χ2n) is 1.74. The van der Waals surface area contributed by atoms with Crippen LogP contribution in [-0.4, -0.2) is 71.1 Å². The normalized spacial score (nSPS) is 7.54. The minimum absolute atomic E-state index is 0. The molecule has 0 saturated heterocycles. The Balaban J connectivity index is -0.000000500. The van der Waals surface area contributed by atoms with Gasteiger partial charge in [-0.3, -0.25) is 9.59 Å². The molecule has 0 aliphatic rings. The van der Waals surface area contributed by atoms with Crippen LogP contribution in [0.1, 0.15) is 26.7 Å². The first-order chi connectivity index (χ1) is 5.20. The van der Waals surface area contributed by atoms with Gasteiger partial charge in [0, 0.05) is 18.5 Å². The van der Waals surface area contributed by atoms with Crippen molar-refractivity contribution < 1.29 is 19.3 Å². The Labute approximate surface area is 121 Å². The molecule has 0 atom stereocenters. The zero-order valence-electron chi connectivity index (χ0n) is 6.55. The van der Waals surface area contributed by atoms with E-state index >= 15 is 0 Å². The number of nitrogens with one attached hydrogen (secondary N) is 1. The van der Waals surface area contributed by atoms with Crippen molar-refractivity contribution in [2.75, 3.05) is 0 Å². The molecule has 0 unspecified atom stereocenters. The molecule has 13 heavy (non-hydrogen) atoms. The molecule has 0 heterocycles. The molecule has 0 rings (SSSR count). The number of hydrogen-bond donors (Lipinski definition) is 1. The van der Waals surface area contributed by atoms with Gasteiger partial charge in [-0.1, -0.05) is 13.8 Å². The molecule has 0 saturated carbocycles. The summed E-state index contributed by atoms with van der Waals surface area (Å²) in [4.78, 5) is 29.3. The SMILES string of the molecule is CCC(=O)ONOC(=O)CC.[NaH].[NaH]. The van der Waals surface area contributed by atoms with E-state index in [4.69, 9.17) is 0 Å². The molecule has 0 aliphatic heterocycles. The van der Waals surface area contributed by atoms with Gasteiger partial charge in [0.2, 0.25) is 0 Å². The van der Waals surface area contributed by atoms with E-state index in [2.05, 4.69) is 9.68 Å². The van der Waals surface area contributed by atoms with Crippen molar-refractivity contribution >= 4 is 71.1 Å². The molecular weight excluding hydrogens is 196 g/mol. The number of carbonyl (C=O) groups excluding carboxylic acids is 2. The van der Waals surface area contributed by atoms with E-state index in [1.165, 1.54) is 0 Å². The standard InChI is InChI=1S/C6H11NO4.2Na.2H/c1-3-5(8)10-7-11-6(9)4-2;;;;/h7H,3-4H2,1-2H3;;;;. The van der Waals surface area contributed by atoms with Gasteiger partial charge in [-0.05, 0) is 0 Å². The number of hydrogen-bond acceptors (Lipinski definition) is 5. The monoisotopic (exact) mass is 209 g/mol. The fraction of sp³-hybridized carbons (Fsp3) is 0.667. The third-order valence-corrected chi connectivity index (χ3v) is 0.888. The molecule has 0 aromatic carbocycles. The predicted molar refractivity (Wildman–Crippen MR) is 50.2 cm³/mol.